The van der Waals surface area contributed by atoms with Crippen LogP contribution in [-0.4, -0.2) is 59.3 Å². The fourth-order valence-corrected chi connectivity index (χ4v) is 5.30. The molecule has 0 saturated carbocycles. The molecule has 0 aliphatic carbocycles. The number of benzene rings is 3. The Bertz CT molecular complexity index is 1190. The SMILES string of the molecule is O=C(Nc1ccccc1)N1CCCCN2[C@@H](CO)[C@@H](c3ccc(C#Cc4ccccc4)cc3)[C@@H]2C1. The topological polar surface area (TPSA) is 55.8 Å². The highest BCUT2D eigenvalue weighted by atomic mass is 16.3. The molecule has 2 aliphatic heterocycles. The maximum Gasteiger partial charge on any atom is 0.321 e. The molecule has 3 atom stereocenters. The van der Waals surface area contributed by atoms with Crippen molar-refractivity contribution in [2.75, 3.05) is 31.6 Å². The zero-order chi connectivity index (χ0) is 24.0. The summed E-state index contributed by atoms with van der Waals surface area (Å²) in [7, 11) is 0. The lowest BCUT2D eigenvalue weighted by Crippen LogP contribution is -2.68. The lowest BCUT2D eigenvalue weighted by Gasteiger charge is -2.57. The first-order valence-corrected chi connectivity index (χ1v) is 12.4. The predicted octanol–water partition coefficient (Wildman–Crippen LogP) is 4.54. The number of hydrogen-bond donors (Lipinski definition) is 2. The number of aliphatic hydroxyl groups is 1. The molecule has 5 nitrogen and oxygen atoms in total. The van der Waals surface area contributed by atoms with Gasteiger partial charge < -0.3 is 15.3 Å². The molecule has 2 N–H and O–H groups in total. The number of anilines is 1. The van der Waals surface area contributed by atoms with Crippen molar-refractivity contribution in [1.82, 2.24) is 9.80 Å². The molecule has 2 amide bonds. The molecule has 2 fully saturated rings. The molecule has 178 valence electrons. The molecule has 3 aromatic rings. The summed E-state index contributed by atoms with van der Waals surface area (Å²) in [6, 6.07) is 28.2. The maximum absolute atomic E-state index is 13.1. The Kier molecular flexibility index (Phi) is 7.13. The van der Waals surface area contributed by atoms with Gasteiger partial charge in [-0.25, -0.2) is 4.79 Å². The Labute approximate surface area is 207 Å². The summed E-state index contributed by atoms with van der Waals surface area (Å²) in [4.78, 5) is 17.4. The summed E-state index contributed by atoms with van der Waals surface area (Å²) in [5, 5.41) is 13.2. The highest BCUT2D eigenvalue weighted by Gasteiger charge is 2.49. The van der Waals surface area contributed by atoms with Gasteiger partial charge in [-0.1, -0.05) is 60.4 Å². The van der Waals surface area contributed by atoms with E-state index < -0.39 is 0 Å². The van der Waals surface area contributed by atoms with Crippen molar-refractivity contribution in [2.24, 2.45) is 0 Å². The van der Waals surface area contributed by atoms with Gasteiger partial charge in [0, 0.05) is 47.9 Å². The van der Waals surface area contributed by atoms with Crippen molar-refractivity contribution < 1.29 is 9.90 Å². The summed E-state index contributed by atoms with van der Waals surface area (Å²) in [5.41, 5.74) is 3.97. The molecule has 2 saturated heterocycles. The van der Waals surface area contributed by atoms with Crippen molar-refractivity contribution >= 4 is 11.7 Å². The molecular weight excluding hydrogens is 434 g/mol. The van der Waals surface area contributed by atoms with E-state index in [9.17, 15) is 9.90 Å². The fraction of sp³-hybridized carbons (Fsp3) is 0.300. The van der Waals surface area contributed by atoms with E-state index >= 15 is 0 Å². The van der Waals surface area contributed by atoms with Crippen LogP contribution in [0.25, 0.3) is 0 Å². The molecular formula is C30H31N3O2. The smallest absolute Gasteiger partial charge is 0.321 e. The zero-order valence-electron chi connectivity index (χ0n) is 19.8. The molecule has 2 aliphatic rings. The summed E-state index contributed by atoms with van der Waals surface area (Å²) >= 11 is 0. The molecule has 0 unspecified atom stereocenters. The number of amides is 2. The second-order valence-corrected chi connectivity index (χ2v) is 9.27. The lowest BCUT2D eigenvalue weighted by atomic mass is 9.74. The Morgan fingerprint density at radius 3 is 2.17 bits per heavy atom. The number of nitrogens with one attached hydrogen (secondary N) is 1. The van der Waals surface area contributed by atoms with Crippen LogP contribution >= 0.6 is 0 Å². The normalized spacial score (nSPS) is 22.0. The van der Waals surface area contributed by atoms with Gasteiger partial charge in [0.2, 0.25) is 0 Å². The monoisotopic (exact) mass is 465 g/mol. The quantitative estimate of drug-likeness (QED) is 0.559. The minimum absolute atomic E-state index is 0.0595. The Morgan fingerprint density at radius 1 is 0.857 bits per heavy atom. The van der Waals surface area contributed by atoms with Crippen LogP contribution in [-0.2, 0) is 0 Å². The van der Waals surface area contributed by atoms with E-state index in [2.05, 4.69) is 46.3 Å². The maximum atomic E-state index is 13.1. The van der Waals surface area contributed by atoms with Gasteiger partial charge in [-0.15, -0.1) is 0 Å². The van der Waals surface area contributed by atoms with Gasteiger partial charge in [-0.3, -0.25) is 4.90 Å². The first-order chi connectivity index (χ1) is 17.2. The first kappa shape index (κ1) is 23.2. The van der Waals surface area contributed by atoms with Crippen LogP contribution in [0.15, 0.2) is 84.9 Å². The molecule has 3 aromatic carbocycles. The summed E-state index contributed by atoms with van der Waals surface area (Å²) in [6.45, 7) is 2.47. The number of fused-ring (bicyclic) bond motifs is 1. The average molecular weight is 466 g/mol. The third kappa shape index (κ3) is 5.24. The van der Waals surface area contributed by atoms with Crippen LogP contribution in [0.5, 0.6) is 0 Å². The van der Waals surface area contributed by atoms with Gasteiger partial charge in [0.25, 0.3) is 0 Å². The predicted molar refractivity (Wildman–Crippen MR) is 139 cm³/mol. The first-order valence-electron chi connectivity index (χ1n) is 12.4. The van der Waals surface area contributed by atoms with Crippen LogP contribution in [0.2, 0.25) is 0 Å². The largest absolute Gasteiger partial charge is 0.395 e. The fourth-order valence-electron chi connectivity index (χ4n) is 5.30. The van der Waals surface area contributed by atoms with E-state index in [1.54, 1.807) is 0 Å². The number of para-hydroxylation sites is 1. The Balaban J connectivity index is 1.32. The molecule has 0 aromatic heterocycles. The second-order valence-electron chi connectivity index (χ2n) is 9.27. The van der Waals surface area contributed by atoms with Crippen LogP contribution < -0.4 is 5.32 Å². The van der Waals surface area contributed by atoms with Crippen molar-refractivity contribution in [3.8, 4) is 11.8 Å². The molecule has 5 rings (SSSR count). The number of hydrogen-bond acceptors (Lipinski definition) is 3. The molecule has 2 heterocycles. The van der Waals surface area contributed by atoms with Gasteiger partial charge in [-0.2, -0.15) is 0 Å². The van der Waals surface area contributed by atoms with Crippen LogP contribution in [0.4, 0.5) is 10.5 Å². The van der Waals surface area contributed by atoms with Gasteiger partial charge in [0.05, 0.1) is 6.61 Å². The van der Waals surface area contributed by atoms with Gasteiger partial charge >= 0.3 is 6.03 Å². The zero-order valence-corrected chi connectivity index (χ0v) is 19.8. The number of nitrogens with zero attached hydrogens (tertiary/aromatic N) is 2. The molecule has 0 spiro atoms. The Morgan fingerprint density at radius 2 is 1.49 bits per heavy atom. The van der Waals surface area contributed by atoms with Crippen molar-refractivity contribution in [1.29, 1.82) is 0 Å². The number of carbonyl (C=O) groups excluding carboxylic acids is 1. The summed E-state index contributed by atoms with van der Waals surface area (Å²) in [5.74, 6) is 6.63. The van der Waals surface area contributed by atoms with Crippen molar-refractivity contribution in [3.05, 3.63) is 102 Å². The second kappa shape index (κ2) is 10.8. The minimum atomic E-state index is -0.0595. The van der Waals surface area contributed by atoms with E-state index in [4.69, 9.17) is 0 Å². The van der Waals surface area contributed by atoms with Gasteiger partial charge in [-0.05, 0) is 61.3 Å². The standard InChI is InChI=1S/C30H31N3O2/c34-22-28-29(25-17-15-24(16-18-25)14-13-23-9-3-1-4-10-23)27-21-32(19-7-8-20-33(27)28)30(35)31-26-11-5-2-6-12-26/h1-6,9-12,15-18,27-29,34H,7-8,19-22H2,(H,31,35)/t27-,28-,29-/m0/s1. The molecule has 0 radical (unpaired) electrons. The van der Waals surface area contributed by atoms with E-state index in [0.29, 0.717) is 6.54 Å². The summed E-state index contributed by atoms with van der Waals surface area (Å²) in [6.07, 6.45) is 1.98. The lowest BCUT2D eigenvalue weighted by molar-refractivity contribution is -0.0585. The summed E-state index contributed by atoms with van der Waals surface area (Å²) < 4.78 is 0. The van der Waals surface area contributed by atoms with E-state index in [1.807, 2.05) is 65.6 Å². The van der Waals surface area contributed by atoms with E-state index in [1.165, 1.54) is 5.56 Å². The highest BCUT2D eigenvalue weighted by Crippen LogP contribution is 2.42. The Hall–Kier alpha value is -3.59. The van der Waals surface area contributed by atoms with Crippen molar-refractivity contribution in [3.63, 3.8) is 0 Å². The third-order valence-corrected chi connectivity index (χ3v) is 7.10. The minimum Gasteiger partial charge on any atom is -0.395 e. The van der Waals surface area contributed by atoms with Crippen LogP contribution in [0, 0.1) is 11.8 Å². The molecule has 35 heavy (non-hydrogen) atoms. The van der Waals surface area contributed by atoms with Gasteiger partial charge in [0.15, 0.2) is 0 Å². The molecule has 5 heteroatoms. The average Bonchev–Trinajstić information content (AvgIpc) is 2.88. The third-order valence-electron chi connectivity index (χ3n) is 7.10. The van der Waals surface area contributed by atoms with Gasteiger partial charge in [0.1, 0.15) is 0 Å². The van der Waals surface area contributed by atoms with E-state index in [0.717, 1.165) is 42.7 Å². The number of carbonyl (C=O) groups is 1. The molecule has 0 bridgehead atoms. The highest BCUT2D eigenvalue weighted by molar-refractivity contribution is 5.89. The number of rotatable bonds is 3. The number of aliphatic hydroxyl groups excluding tert-OH is 1. The van der Waals surface area contributed by atoms with Crippen molar-refractivity contribution in [2.45, 2.75) is 30.8 Å². The number of urea groups is 1. The van der Waals surface area contributed by atoms with E-state index in [-0.39, 0.29) is 30.6 Å². The van der Waals surface area contributed by atoms with Crippen LogP contribution in [0.1, 0.15) is 35.4 Å². The van der Waals surface area contributed by atoms with Crippen LogP contribution in [0.3, 0.4) is 0 Å².